The van der Waals surface area contributed by atoms with E-state index in [1.807, 2.05) is 6.92 Å². The van der Waals surface area contributed by atoms with Crippen molar-refractivity contribution >= 4 is 0 Å². The molecule has 86 valence electrons. The summed E-state index contributed by atoms with van der Waals surface area (Å²) in [7, 11) is 0. The molecule has 0 aromatic carbocycles. The molecule has 0 unspecified atom stereocenters. The third-order valence-corrected chi connectivity index (χ3v) is 2.43. The Kier molecular flexibility index (Phi) is 6.09. The molecule has 0 radical (unpaired) electrons. The van der Waals surface area contributed by atoms with Crippen LogP contribution in [0.2, 0.25) is 0 Å². The number of unbranched alkanes of at least 4 members (excludes halogenated alkanes) is 1. The Bertz CT molecular complexity index is 258. The molecule has 1 heterocycles. The van der Waals surface area contributed by atoms with Gasteiger partial charge in [-0.2, -0.15) is 0 Å². The lowest BCUT2D eigenvalue weighted by Gasteiger charge is -1.98. The van der Waals surface area contributed by atoms with Gasteiger partial charge in [-0.15, -0.1) is 0 Å². The van der Waals surface area contributed by atoms with E-state index >= 15 is 0 Å². The largest absolute Gasteiger partial charge is 0.382 e. The normalized spacial score (nSPS) is 10.8. The molecule has 0 N–H and O–H groups in total. The van der Waals surface area contributed by atoms with E-state index in [0.29, 0.717) is 0 Å². The van der Waals surface area contributed by atoms with Crippen molar-refractivity contribution in [3.63, 3.8) is 0 Å². The Morgan fingerprint density at radius 2 is 2.13 bits per heavy atom. The first-order chi connectivity index (χ1) is 7.36. The molecule has 0 atom stereocenters. The lowest BCUT2D eigenvalue weighted by Crippen LogP contribution is -2.31. The number of aromatic nitrogens is 2. The molecule has 1 rings (SSSR count). The number of imidazole rings is 1. The fourth-order valence-corrected chi connectivity index (χ4v) is 1.54. The highest BCUT2D eigenvalue weighted by molar-refractivity contribution is 4.65. The summed E-state index contributed by atoms with van der Waals surface area (Å²) < 4.78 is 9.79. The minimum absolute atomic E-state index is 0.822. The van der Waals surface area contributed by atoms with Crippen LogP contribution in [0.25, 0.3) is 0 Å². The van der Waals surface area contributed by atoms with Crippen LogP contribution in [0.4, 0.5) is 0 Å². The molecule has 3 heteroatoms. The van der Waals surface area contributed by atoms with Gasteiger partial charge in [0.25, 0.3) is 0 Å². The molecule has 0 aliphatic carbocycles. The second kappa shape index (κ2) is 7.46. The lowest BCUT2D eigenvalue weighted by atomic mass is 10.3. The number of rotatable bonds is 8. The molecule has 0 fully saturated rings. The molecule has 1 aromatic heterocycles. The van der Waals surface area contributed by atoms with Crippen LogP contribution < -0.4 is 4.57 Å². The highest BCUT2D eigenvalue weighted by atomic mass is 16.5. The van der Waals surface area contributed by atoms with E-state index in [1.165, 1.54) is 12.8 Å². The molecule has 0 spiro atoms. The van der Waals surface area contributed by atoms with E-state index < -0.39 is 0 Å². The lowest BCUT2D eigenvalue weighted by molar-refractivity contribution is -0.697. The van der Waals surface area contributed by atoms with E-state index in [4.69, 9.17) is 4.74 Å². The van der Waals surface area contributed by atoms with E-state index in [2.05, 4.69) is 34.8 Å². The van der Waals surface area contributed by atoms with E-state index in [-0.39, 0.29) is 0 Å². The zero-order chi connectivity index (χ0) is 10.9. The van der Waals surface area contributed by atoms with Gasteiger partial charge in [-0.05, 0) is 13.3 Å². The molecule has 0 aliphatic rings. The van der Waals surface area contributed by atoms with Crippen molar-refractivity contribution in [2.45, 2.75) is 46.2 Å². The van der Waals surface area contributed by atoms with Crippen LogP contribution in [0.5, 0.6) is 0 Å². The monoisotopic (exact) mass is 211 g/mol. The molecule has 0 bridgehead atoms. The number of hydrogen-bond acceptors (Lipinski definition) is 1. The number of ether oxygens (including phenoxy) is 1. The van der Waals surface area contributed by atoms with Gasteiger partial charge in [0.15, 0.2) is 0 Å². The molecule has 15 heavy (non-hydrogen) atoms. The van der Waals surface area contributed by atoms with Gasteiger partial charge in [0.1, 0.15) is 12.4 Å². The molecule has 0 amide bonds. The number of hydrogen-bond donors (Lipinski definition) is 0. The van der Waals surface area contributed by atoms with Crippen molar-refractivity contribution < 1.29 is 9.30 Å². The topological polar surface area (TPSA) is 18.0 Å². The Morgan fingerprint density at radius 1 is 1.27 bits per heavy atom. The average molecular weight is 211 g/mol. The molecule has 0 saturated carbocycles. The zero-order valence-electron chi connectivity index (χ0n) is 9.98. The molecule has 0 saturated heterocycles. The van der Waals surface area contributed by atoms with Crippen LogP contribution in [0.1, 0.15) is 33.1 Å². The zero-order valence-corrected chi connectivity index (χ0v) is 9.98. The van der Waals surface area contributed by atoms with Crippen molar-refractivity contribution in [2.75, 3.05) is 13.2 Å². The quantitative estimate of drug-likeness (QED) is 0.475. The minimum atomic E-state index is 0.822. The minimum Gasteiger partial charge on any atom is -0.382 e. The molecular formula is C12H23N2O+. The van der Waals surface area contributed by atoms with E-state index in [0.717, 1.165) is 32.7 Å². The summed E-state index contributed by atoms with van der Waals surface area (Å²) in [6.45, 7) is 8.13. The summed E-state index contributed by atoms with van der Waals surface area (Å²) >= 11 is 0. The smallest absolute Gasteiger partial charge is 0.243 e. The average Bonchev–Trinajstić information content (AvgIpc) is 2.69. The van der Waals surface area contributed by atoms with Crippen molar-refractivity contribution in [1.29, 1.82) is 0 Å². The molecule has 0 aliphatic heterocycles. The third kappa shape index (κ3) is 4.98. The summed E-state index contributed by atoms with van der Waals surface area (Å²) in [5, 5.41) is 0. The molecule has 3 nitrogen and oxygen atoms in total. The predicted molar refractivity (Wildman–Crippen MR) is 60.6 cm³/mol. The fraction of sp³-hybridized carbons (Fsp3) is 0.750. The van der Waals surface area contributed by atoms with Gasteiger partial charge in [0, 0.05) is 13.0 Å². The summed E-state index contributed by atoms with van der Waals surface area (Å²) in [6.07, 6.45) is 10.1. The predicted octanol–water partition coefficient (Wildman–Crippen LogP) is 2.00. The second-order valence-corrected chi connectivity index (χ2v) is 3.79. The van der Waals surface area contributed by atoms with Crippen molar-refractivity contribution in [3.8, 4) is 0 Å². The van der Waals surface area contributed by atoms with E-state index in [9.17, 15) is 0 Å². The van der Waals surface area contributed by atoms with Crippen LogP contribution in [-0.4, -0.2) is 17.8 Å². The number of aryl methyl sites for hydroxylation is 2. The van der Waals surface area contributed by atoms with Gasteiger partial charge >= 0.3 is 0 Å². The van der Waals surface area contributed by atoms with Gasteiger partial charge in [-0.3, -0.25) is 0 Å². The summed E-state index contributed by atoms with van der Waals surface area (Å²) in [6, 6.07) is 0. The van der Waals surface area contributed by atoms with Crippen LogP contribution in [-0.2, 0) is 17.8 Å². The maximum Gasteiger partial charge on any atom is 0.243 e. The maximum absolute atomic E-state index is 5.31. The first-order valence-corrected chi connectivity index (χ1v) is 5.99. The summed E-state index contributed by atoms with van der Waals surface area (Å²) in [5.41, 5.74) is 0. The van der Waals surface area contributed by atoms with Crippen molar-refractivity contribution in [3.05, 3.63) is 18.7 Å². The van der Waals surface area contributed by atoms with Gasteiger partial charge in [0.05, 0.1) is 19.7 Å². The Morgan fingerprint density at radius 3 is 2.87 bits per heavy atom. The summed E-state index contributed by atoms with van der Waals surface area (Å²) in [5.74, 6) is 0. The first kappa shape index (κ1) is 12.2. The highest BCUT2D eigenvalue weighted by Crippen LogP contribution is 1.93. The molecular weight excluding hydrogens is 188 g/mol. The van der Waals surface area contributed by atoms with E-state index in [1.54, 1.807) is 0 Å². The SMILES string of the molecule is CCCCn1cc[n+](CCCOCC)c1. The van der Waals surface area contributed by atoms with Gasteiger partial charge in [0.2, 0.25) is 6.33 Å². The highest BCUT2D eigenvalue weighted by Gasteiger charge is 2.02. The maximum atomic E-state index is 5.31. The second-order valence-electron chi connectivity index (χ2n) is 3.79. The Labute approximate surface area is 92.7 Å². The third-order valence-electron chi connectivity index (χ3n) is 2.43. The fourth-order valence-electron chi connectivity index (χ4n) is 1.54. The van der Waals surface area contributed by atoms with Crippen LogP contribution in [0.15, 0.2) is 18.7 Å². The first-order valence-electron chi connectivity index (χ1n) is 5.99. The van der Waals surface area contributed by atoms with Gasteiger partial charge in [-0.25, -0.2) is 9.13 Å². The van der Waals surface area contributed by atoms with Crippen molar-refractivity contribution in [2.24, 2.45) is 0 Å². The Balaban J connectivity index is 2.20. The standard InChI is InChI=1S/C12H23N2O/c1-3-5-7-13-9-10-14(12-13)8-6-11-15-4-2/h9-10,12H,3-8,11H2,1-2H3/q+1. The number of nitrogens with zero attached hydrogens (tertiary/aromatic N) is 2. The van der Waals surface area contributed by atoms with Crippen LogP contribution in [0.3, 0.4) is 0 Å². The molecule has 1 aromatic rings. The summed E-state index contributed by atoms with van der Waals surface area (Å²) in [4.78, 5) is 0. The van der Waals surface area contributed by atoms with Crippen LogP contribution in [0, 0.1) is 0 Å². The van der Waals surface area contributed by atoms with Crippen LogP contribution >= 0.6 is 0 Å². The van der Waals surface area contributed by atoms with Gasteiger partial charge < -0.3 is 4.74 Å². The Hall–Kier alpha value is -0.830. The van der Waals surface area contributed by atoms with Crippen molar-refractivity contribution in [1.82, 2.24) is 4.57 Å². The van der Waals surface area contributed by atoms with Gasteiger partial charge in [-0.1, -0.05) is 13.3 Å².